The molecule has 162 valence electrons. The van der Waals surface area contributed by atoms with Crippen molar-refractivity contribution in [2.45, 2.75) is 32.9 Å². The van der Waals surface area contributed by atoms with Crippen LogP contribution >= 0.6 is 11.6 Å². The Bertz CT molecular complexity index is 1030. The standard InChI is InChI=1S/C24H27ClN4O2/c1-17-6-8-19(9-7-17)23-26-22(31-27-23)16-28(2)24(30)20-10-12-29(13-11-20)15-18-4-3-5-21(25)14-18/h3-9,14,20H,10-13,15-16H2,1-2H3. The molecule has 1 aromatic heterocycles. The van der Waals surface area contributed by atoms with Gasteiger partial charge in [-0.05, 0) is 50.6 Å². The van der Waals surface area contributed by atoms with Crippen LogP contribution in [0.4, 0.5) is 0 Å². The van der Waals surface area contributed by atoms with E-state index in [2.05, 4.69) is 21.1 Å². The molecule has 0 saturated carbocycles. The number of likely N-dealkylation sites (tertiary alicyclic amines) is 1. The van der Waals surface area contributed by atoms with E-state index in [-0.39, 0.29) is 11.8 Å². The van der Waals surface area contributed by atoms with Crippen molar-refractivity contribution < 1.29 is 9.32 Å². The molecule has 1 aliphatic heterocycles. The van der Waals surface area contributed by atoms with Crippen molar-refractivity contribution >= 4 is 17.5 Å². The Balaban J connectivity index is 1.28. The maximum atomic E-state index is 12.9. The first kappa shape index (κ1) is 21.5. The molecule has 1 aliphatic rings. The van der Waals surface area contributed by atoms with E-state index in [0.29, 0.717) is 18.3 Å². The van der Waals surface area contributed by atoms with Crippen molar-refractivity contribution in [1.82, 2.24) is 19.9 Å². The third-order valence-corrected chi connectivity index (χ3v) is 5.99. The van der Waals surface area contributed by atoms with Crippen LogP contribution in [0, 0.1) is 12.8 Å². The van der Waals surface area contributed by atoms with Gasteiger partial charge in [0.15, 0.2) is 0 Å². The van der Waals surface area contributed by atoms with Crippen molar-refractivity contribution in [2.24, 2.45) is 5.92 Å². The van der Waals surface area contributed by atoms with Gasteiger partial charge in [-0.25, -0.2) is 0 Å². The van der Waals surface area contributed by atoms with E-state index in [1.54, 1.807) is 11.9 Å². The molecule has 6 nitrogen and oxygen atoms in total. The lowest BCUT2D eigenvalue weighted by atomic mass is 9.95. The summed E-state index contributed by atoms with van der Waals surface area (Å²) in [5.41, 5.74) is 3.29. The minimum absolute atomic E-state index is 0.0279. The van der Waals surface area contributed by atoms with E-state index in [1.165, 1.54) is 11.1 Å². The summed E-state index contributed by atoms with van der Waals surface area (Å²) < 4.78 is 5.38. The van der Waals surface area contributed by atoms with Gasteiger partial charge in [0.25, 0.3) is 0 Å². The Morgan fingerprint density at radius 2 is 1.94 bits per heavy atom. The molecule has 1 saturated heterocycles. The number of hydrogen-bond acceptors (Lipinski definition) is 5. The molecular formula is C24H27ClN4O2. The zero-order valence-electron chi connectivity index (χ0n) is 17.9. The molecule has 0 radical (unpaired) electrons. The van der Waals surface area contributed by atoms with Crippen LogP contribution in [0.15, 0.2) is 53.1 Å². The zero-order valence-corrected chi connectivity index (χ0v) is 18.7. The smallest absolute Gasteiger partial charge is 0.246 e. The number of piperidine rings is 1. The van der Waals surface area contributed by atoms with E-state index >= 15 is 0 Å². The second kappa shape index (κ2) is 9.62. The zero-order chi connectivity index (χ0) is 21.8. The van der Waals surface area contributed by atoms with E-state index in [4.69, 9.17) is 16.1 Å². The molecule has 1 fully saturated rings. The van der Waals surface area contributed by atoms with Crippen LogP contribution in [0.3, 0.4) is 0 Å². The molecule has 3 aromatic rings. The van der Waals surface area contributed by atoms with Gasteiger partial charge in [0.1, 0.15) is 0 Å². The second-order valence-electron chi connectivity index (χ2n) is 8.25. The fraction of sp³-hybridized carbons (Fsp3) is 0.375. The predicted octanol–water partition coefficient (Wildman–Crippen LogP) is 4.57. The molecule has 0 atom stereocenters. The van der Waals surface area contributed by atoms with Crippen molar-refractivity contribution in [3.8, 4) is 11.4 Å². The van der Waals surface area contributed by atoms with Crippen LogP contribution in [0.5, 0.6) is 0 Å². The quantitative estimate of drug-likeness (QED) is 0.564. The number of carbonyl (C=O) groups excluding carboxylic acids is 1. The molecule has 31 heavy (non-hydrogen) atoms. The van der Waals surface area contributed by atoms with E-state index in [1.807, 2.05) is 49.4 Å². The number of benzene rings is 2. The first-order valence-electron chi connectivity index (χ1n) is 10.6. The summed E-state index contributed by atoms with van der Waals surface area (Å²) in [6, 6.07) is 15.9. The summed E-state index contributed by atoms with van der Waals surface area (Å²) in [6.45, 7) is 5.01. The van der Waals surface area contributed by atoms with Crippen LogP contribution in [-0.2, 0) is 17.9 Å². The van der Waals surface area contributed by atoms with E-state index in [9.17, 15) is 4.79 Å². The molecule has 0 spiro atoms. The predicted molar refractivity (Wildman–Crippen MR) is 120 cm³/mol. The molecule has 2 heterocycles. The normalized spacial score (nSPS) is 15.2. The Morgan fingerprint density at radius 1 is 1.19 bits per heavy atom. The topological polar surface area (TPSA) is 62.5 Å². The van der Waals surface area contributed by atoms with Crippen molar-refractivity contribution in [2.75, 3.05) is 20.1 Å². The van der Waals surface area contributed by atoms with Gasteiger partial charge in [0.05, 0.1) is 6.54 Å². The van der Waals surface area contributed by atoms with Crippen LogP contribution in [-0.4, -0.2) is 46.0 Å². The summed E-state index contributed by atoms with van der Waals surface area (Å²) in [4.78, 5) is 21.5. The summed E-state index contributed by atoms with van der Waals surface area (Å²) in [7, 11) is 1.80. The fourth-order valence-corrected chi connectivity index (χ4v) is 4.18. The molecule has 0 N–H and O–H groups in total. The van der Waals surface area contributed by atoms with E-state index < -0.39 is 0 Å². The fourth-order valence-electron chi connectivity index (χ4n) is 3.96. The Hall–Kier alpha value is -2.70. The number of halogens is 1. The summed E-state index contributed by atoms with van der Waals surface area (Å²) in [5.74, 6) is 1.16. The highest BCUT2D eigenvalue weighted by molar-refractivity contribution is 6.30. The van der Waals surface area contributed by atoms with Gasteiger partial charge in [-0.1, -0.05) is 58.7 Å². The average Bonchev–Trinajstić information content (AvgIpc) is 3.23. The number of nitrogens with zero attached hydrogens (tertiary/aromatic N) is 4. The largest absolute Gasteiger partial charge is 0.337 e. The molecule has 0 unspecified atom stereocenters. The molecule has 2 aromatic carbocycles. The lowest BCUT2D eigenvalue weighted by Crippen LogP contribution is -2.40. The van der Waals surface area contributed by atoms with Gasteiger partial charge >= 0.3 is 0 Å². The van der Waals surface area contributed by atoms with Crippen LogP contribution in [0.25, 0.3) is 11.4 Å². The van der Waals surface area contributed by atoms with E-state index in [0.717, 1.165) is 43.1 Å². The van der Waals surface area contributed by atoms with Crippen molar-refractivity contribution in [3.63, 3.8) is 0 Å². The molecule has 0 aliphatic carbocycles. The highest BCUT2D eigenvalue weighted by Crippen LogP contribution is 2.23. The third kappa shape index (κ3) is 5.51. The summed E-state index contributed by atoms with van der Waals surface area (Å²) in [5, 5.41) is 4.82. The molecule has 0 bridgehead atoms. The average molecular weight is 439 g/mol. The lowest BCUT2D eigenvalue weighted by molar-refractivity contribution is -0.136. The van der Waals surface area contributed by atoms with Gasteiger partial charge in [-0.2, -0.15) is 4.98 Å². The maximum Gasteiger partial charge on any atom is 0.246 e. The molecule has 1 amide bonds. The summed E-state index contributed by atoms with van der Waals surface area (Å²) in [6.07, 6.45) is 1.70. The SMILES string of the molecule is Cc1ccc(-c2noc(CN(C)C(=O)C3CCN(Cc4cccc(Cl)c4)CC3)n2)cc1. The number of rotatable bonds is 6. The Kier molecular flexibility index (Phi) is 6.68. The van der Waals surface area contributed by atoms with Crippen LogP contribution in [0.1, 0.15) is 29.9 Å². The Morgan fingerprint density at radius 3 is 2.65 bits per heavy atom. The van der Waals surface area contributed by atoms with Crippen LogP contribution < -0.4 is 0 Å². The minimum Gasteiger partial charge on any atom is -0.337 e. The first-order chi connectivity index (χ1) is 15.0. The second-order valence-corrected chi connectivity index (χ2v) is 8.69. The number of amides is 1. The monoisotopic (exact) mass is 438 g/mol. The molecular weight excluding hydrogens is 412 g/mol. The van der Waals surface area contributed by atoms with Crippen LogP contribution in [0.2, 0.25) is 5.02 Å². The summed E-state index contributed by atoms with van der Waals surface area (Å²) >= 11 is 6.09. The van der Waals surface area contributed by atoms with Gasteiger partial charge in [-0.15, -0.1) is 0 Å². The molecule has 4 rings (SSSR count). The van der Waals surface area contributed by atoms with Crippen molar-refractivity contribution in [3.05, 3.63) is 70.6 Å². The third-order valence-electron chi connectivity index (χ3n) is 5.76. The first-order valence-corrected chi connectivity index (χ1v) is 11.0. The highest BCUT2D eigenvalue weighted by Gasteiger charge is 2.28. The van der Waals surface area contributed by atoms with Crippen molar-refractivity contribution in [1.29, 1.82) is 0 Å². The van der Waals surface area contributed by atoms with Gasteiger partial charge in [-0.3, -0.25) is 9.69 Å². The molecule has 7 heteroatoms. The number of carbonyl (C=O) groups is 1. The van der Waals surface area contributed by atoms with Gasteiger partial charge in [0, 0.05) is 30.1 Å². The number of aromatic nitrogens is 2. The minimum atomic E-state index is 0.0279. The van der Waals surface area contributed by atoms with Gasteiger partial charge in [0.2, 0.25) is 17.6 Å². The number of aryl methyl sites for hydroxylation is 1. The van der Waals surface area contributed by atoms with Gasteiger partial charge < -0.3 is 9.42 Å². The highest BCUT2D eigenvalue weighted by atomic mass is 35.5. The number of hydrogen-bond donors (Lipinski definition) is 0. The maximum absolute atomic E-state index is 12.9. The Labute approximate surface area is 187 Å². The lowest BCUT2D eigenvalue weighted by Gasteiger charge is -2.33.